The number of likely N-dealkylation sites (tertiary alicyclic amines) is 1. The SMILES string of the molecule is CC(CN1CCCCC1C)C(N)=S. The minimum atomic E-state index is 0.357. The summed E-state index contributed by atoms with van der Waals surface area (Å²) in [5.41, 5.74) is 5.60. The minimum absolute atomic E-state index is 0.357. The van der Waals surface area contributed by atoms with E-state index >= 15 is 0 Å². The Kier molecular flexibility index (Phi) is 4.13. The average Bonchev–Trinajstić information content (AvgIpc) is 2.08. The maximum Gasteiger partial charge on any atom is 0.0768 e. The molecule has 76 valence electrons. The van der Waals surface area contributed by atoms with Crippen molar-refractivity contribution in [2.24, 2.45) is 11.7 Å². The molecule has 0 bridgehead atoms. The van der Waals surface area contributed by atoms with Gasteiger partial charge in [0.05, 0.1) is 4.99 Å². The first kappa shape index (κ1) is 10.9. The third-order valence-corrected chi connectivity index (χ3v) is 3.34. The Labute approximate surface area is 86.5 Å². The van der Waals surface area contributed by atoms with Gasteiger partial charge in [-0.1, -0.05) is 25.6 Å². The van der Waals surface area contributed by atoms with Crippen LogP contribution in [0.2, 0.25) is 0 Å². The first-order valence-corrected chi connectivity index (χ1v) is 5.55. The molecule has 1 heterocycles. The van der Waals surface area contributed by atoms with Gasteiger partial charge in [0, 0.05) is 18.5 Å². The maximum atomic E-state index is 5.60. The molecule has 0 aliphatic carbocycles. The van der Waals surface area contributed by atoms with Crippen molar-refractivity contribution in [1.29, 1.82) is 0 Å². The first-order valence-electron chi connectivity index (χ1n) is 5.14. The van der Waals surface area contributed by atoms with Gasteiger partial charge in [-0.05, 0) is 26.3 Å². The lowest BCUT2D eigenvalue weighted by Crippen LogP contribution is -2.42. The van der Waals surface area contributed by atoms with Gasteiger partial charge in [-0.15, -0.1) is 0 Å². The quantitative estimate of drug-likeness (QED) is 0.704. The molecule has 3 heteroatoms. The molecule has 0 amide bonds. The molecule has 1 saturated heterocycles. The molecular formula is C10H20N2S. The lowest BCUT2D eigenvalue weighted by molar-refractivity contribution is 0.152. The van der Waals surface area contributed by atoms with E-state index in [0.29, 0.717) is 16.9 Å². The number of rotatable bonds is 3. The van der Waals surface area contributed by atoms with Crippen LogP contribution in [0, 0.1) is 5.92 Å². The number of nitrogens with zero attached hydrogens (tertiary/aromatic N) is 1. The second-order valence-electron chi connectivity index (χ2n) is 4.14. The molecule has 0 spiro atoms. The van der Waals surface area contributed by atoms with Gasteiger partial charge < -0.3 is 5.73 Å². The number of thiocarbonyl (C=S) groups is 1. The molecule has 13 heavy (non-hydrogen) atoms. The molecule has 1 aliphatic rings. The summed E-state index contributed by atoms with van der Waals surface area (Å²) in [4.78, 5) is 3.16. The van der Waals surface area contributed by atoms with Gasteiger partial charge in [-0.25, -0.2) is 0 Å². The third kappa shape index (κ3) is 3.24. The number of hydrogen-bond acceptors (Lipinski definition) is 2. The normalized spacial score (nSPS) is 27.1. The van der Waals surface area contributed by atoms with Gasteiger partial charge in [0.2, 0.25) is 0 Å². The zero-order valence-corrected chi connectivity index (χ0v) is 9.44. The Balaban J connectivity index is 2.37. The third-order valence-electron chi connectivity index (χ3n) is 2.93. The molecule has 1 rings (SSSR count). The van der Waals surface area contributed by atoms with Crippen LogP contribution in [-0.4, -0.2) is 29.0 Å². The van der Waals surface area contributed by atoms with Gasteiger partial charge in [-0.3, -0.25) is 4.90 Å². The largest absolute Gasteiger partial charge is 0.393 e. The Morgan fingerprint density at radius 2 is 2.31 bits per heavy atom. The molecule has 2 atom stereocenters. The first-order chi connectivity index (χ1) is 6.11. The van der Waals surface area contributed by atoms with Crippen LogP contribution in [0.4, 0.5) is 0 Å². The average molecular weight is 200 g/mol. The van der Waals surface area contributed by atoms with E-state index in [-0.39, 0.29) is 0 Å². The van der Waals surface area contributed by atoms with E-state index in [0.717, 1.165) is 6.54 Å². The summed E-state index contributed by atoms with van der Waals surface area (Å²) in [5, 5.41) is 0. The van der Waals surface area contributed by atoms with Crippen LogP contribution in [0.25, 0.3) is 0 Å². The fraction of sp³-hybridized carbons (Fsp3) is 0.900. The van der Waals surface area contributed by atoms with Gasteiger partial charge in [0.1, 0.15) is 0 Å². The van der Waals surface area contributed by atoms with Crippen LogP contribution in [0.5, 0.6) is 0 Å². The van der Waals surface area contributed by atoms with Gasteiger partial charge in [0.25, 0.3) is 0 Å². The molecule has 2 unspecified atom stereocenters. The van der Waals surface area contributed by atoms with Crippen molar-refractivity contribution in [3.05, 3.63) is 0 Å². The van der Waals surface area contributed by atoms with E-state index in [1.165, 1.54) is 25.8 Å². The molecule has 0 aromatic heterocycles. The van der Waals surface area contributed by atoms with Crippen molar-refractivity contribution in [3.8, 4) is 0 Å². The van der Waals surface area contributed by atoms with Gasteiger partial charge in [-0.2, -0.15) is 0 Å². The summed E-state index contributed by atoms with van der Waals surface area (Å²) in [6, 6.07) is 0.713. The monoisotopic (exact) mass is 200 g/mol. The second kappa shape index (κ2) is 4.91. The number of nitrogens with two attached hydrogens (primary N) is 1. The fourth-order valence-electron chi connectivity index (χ4n) is 1.87. The second-order valence-corrected chi connectivity index (χ2v) is 4.61. The molecule has 0 aromatic rings. The van der Waals surface area contributed by atoms with Crippen LogP contribution in [0.15, 0.2) is 0 Å². The van der Waals surface area contributed by atoms with Crippen molar-refractivity contribution in [3.63, 3.8) is 0 Å². The maximum absolute atomic E-state index is 5.60. The standard InChI is InChI=1S/C10H20N2S/c1-8(10(11)13)7-12-6-4-3-5-9(12)2/h8-9H,3-7H2,1-2H3,(H2,11,13). The summed E-state index contributed by atoms with van der Waals surface area (Å²) in [5.74, 6) is 0.357. The summed E-state index contributed by atoms with van der Waals surface area (Å²) >= 11 is 4.98. The van der Waals surface area contributed by atoms with Crippen LogP contribution in [0.1, 0.15) is 33.1 Å². The predicted octanol–water partition coefficient (Wildman–Crippen LogP) is 1.78. The smallest absolute Gasteiger partial charge is 0.0768 e. The van der Waals surface area contributed by atoms with Crippen molar-refractivity contribution in [1.82, 2.24) is 4.90 Å². The van der Waals surface area contributed by atoms with Crippen LogP contribution in [-0.2, 0) is 0 Å². The zero-order valence-electron chi connectivity index (χ0n) is 8.62. The summed E-state index contributed by atoms with van der Waals surface area (Å²) in [6.07, 6.45) is 4.03. The Morgan fingerprint density at radius 1 is 1.62 bits per heavy atom. The van der Waals surface area contributed by atoms with Crippen LogP contribution >= 0.6 is 12.2 Å². The van der Waals surface area contributed by atoms with Crippen LogP contribution in [0.3, 0.4) is 0 Å². The van der Waals surface area contributed by atoms with Gasteiger partial charge in [0.15, 0.2) is 0 Å². The predicted molar refractivity (Wildman–Crippen MR) is 60.8 cm³/mol. The lowest BCUT2D eigenvalue weighted by atomic mass is 10.0. The molecule has 0 radical (unpaired) electrons. The van der Waals surface area contributed by atoms with E-state index in [1.54, 1.807) is 0 Å². The zero-order chi connectivity index (χ0) is 9.84. The van der Waals surface area contributed by atoms with Crippen molar-refractivity contribution >= 4 is 17.2 Å². The van der Waals surface area contributed by atoms with Crippen molar-refractivity contribution < 1.29 is 0 Å². The molecule has 2 nitrogen and oxygen atoms in total. The van der Waals surface area contributed by atoms with Gasteiger partial charge >= 0.3 is 0 Å². The highest BCUT2D eigenvalue weighted by Gasteiger charge is 2.20. The Morgan fingerprint density at radius 3 is 2.85 bits per heavy atom. The molecule has 1 aliphatic heterocycles. The van der Waals surface area contributed by atoms with E-state index in [9.17, 15) is 0 Å². The summed E-state index contributed by atoms with van der Waals surface area (Å²) < 4.78 is 0. The topological polar surface area (TPSA) is 29.3 Å². The molecule has 0 saturated carbocycles. The van der Waals surface area contributed by atoms with E-state index in [4.69, 9.17) is 18.0 Å². The highest BCUT2D eigenvalue weighted by molar-refractivity contribution is 7.80. The Bertz CT molecular complexity index is 182. The van der Waals surface area contributed by atoms with Crippen molar-refractivity contribution in [2.75, 3.05) is 13.1 Å². The summed E-state index contributed by atoms with van der Waals surface area (Å²) in [6.45, 7) is 6.67. The lowest BCUT2D eigenvalue weighted by Gasteiger charge is -2.34. The molecule has 2 N–H and O–H groups in total. The summed E-state index contributed by atoms with van der Waals surface area (Å²) in [7, 11) is 0. The Hall–Kier alpha value is -0.150. The van der Waals surface area contributed by atoms with E-state index in [2.05, 4.69) is 18.7 Å². The fourth-order valence-corrected chi connectivity index (χ4v) is 1.95. The highest BCUT2D eigenvalue weighted by Crippen LogP contribution is 2.17. The molecule has 0 aromatic carbocycles. The number of hydrogen-bond donors (Lipinski definition) is 1. The molecule has 1 fully saturated rings. The molecular weight excluding hydrogens is 180 g/mol. The minimum Gasteiger partial charge on any atom is -0.393 e. The van der Waals surface area contributed by atoms with Crippen LogP contribution < -0.4 is 5.73 Å². The highest BCUT2D eigenvalue weighted by atomic mass is 32.1. The van der Waals surface area contributed by atoms with E-state index in [1.807, 2.05) is 0 Å². The van der Waals surface area contributed by atoms with E-state index < -0.39 is 0 Å². The number of piperidine rings is 1. The van der Waals surface area contributed by atoms with Crippen molar-refractivity contribution in [2.45, 2.75) is 39.2 Å².